The zero-order chi connectivity index (χ0) is 15.8. The maximum atomic E-state index is 6.05. The second kappa shape index (κ2) is 6.17. The normalized spacial score (nSPS) is 20.9. The Morgan fingerprint density at radius 2 is 1.71 bits per heavy atom. The van der Waals surface area contributed by atoms with Gasteiger partial charge in [-0.15, -0.1) is 0 Å². The zero-order valence-electron chi connectivity index (χ0n) is 12.6. The maximum Gasteiger partial charge on any atom is 0.491 e. The van der Waals surface area contributed by atoms with Gasteiger partial charge < -0.3 is 9.31 Å². The van der Waals surface area contributed by atoms with E-state index in [2.05, 4.69) is 12.6 Å². The molecule has 1 aromatic rings. The molecule has 0 aliphatic carbocycles. The third-order valence-corrected chi connectivity index (χ3v) is 5.14. The Morgan fingerprint density at radius 1 is 1.14 bits per heavy atom. The Labute approximate surface area is 142 Å². The minimum atomic E-state index is -0.401. The Bertz CT molecular complexity index is 557. The summed E-state index contributed by atoms with van der Waals surface area (Å²) in [6, 6.07) is 5.50. The van der Waals surface area contributed by atoms with Crippen LogP contribution in [-0.4, -0.2) is 24.1 Å². The standard InChI is InChI=1S/C15H19BCl2O2S/c1-14(2)15(3,4)20-16(19-14)11(9-21)7-10-5-6-12(17)13(18)8-10/h5-8,21H,9H2,1-4H3. The first-order valence-electron chi connectivity index (χ1n) is 6.78. The third-order valence-electron chi connectivity index (χ3n) is 4.03. The fourth-order valence-corrected chi connectivity index (χ4v) is 2.55. The highest BCUT2D eigenvalue weighted by Gasteiger charge is 2.52. The van der Waals surface area contributed by atoms with Crippen LogP contribution in [0.4, 0.5) is 0 Å². The lowest BCUT2D eigenvalue weighted by molar-refractivity contribution is 0.00578. The molecule has 0 unspecified atom stereocenters. The number of benzene rings is 1. The molecule has 2 rings (SSSR count). The van der Waals surface area contributed by atoms with E-state index in [1.807, 2.05) is 45.9 Å². The minimum Gasteiger partial charge on any atom is -0.400 e. The summed E-state index contributed by atoms with van der Waals surface area (Å²) in [7, 11) is -0.401. The first kappa shape index (κ1) is 17.2. The van der Waals surface area contributed by atoms with Gasteiger partial charge in [-0.25, -0.2) is 0 Å². The van der Waals surface area contributed by atoms with E-state index in [-0.39, 0.29) is 11.2 Å². The molecule has 0 bridgehead atoms. The molecule has 0 saturated carbocycles. The van der Waals surface area contributed by atoms with Crippen LogP contribution < -0.4 is 0 Å². The van der Waals surface area contributed by atoms with Crippen LogP contribution in [0.3, 0.4) is 0 Å². The average Bonchev–Trinajstić information content (AvgIpc) is 2.59. The highest BCUT2D eigenvalue weighted by molar-refractivity contribution is 7.80. The van der Waals surface area contributed by atoms with Crippen molar-refractivity contribution in [3.05, 3.63) is 39.3 Å². The van der Waals surface area contributed by atoms with Crippen molar-refractivity contribution >= 4 is 49.0 Å². The van der Waals surface area contributed by atoms with E-state index in [9.17, 15) is 0 Å². The summed E-state index contributed by atoms with van der Waals surface area (Å²) in [6.07, 6.45) is 1.98. The first-order valence-corrected chi connectivity index (χ1v) is 8.17. The van der Waals surface area contributed by atoms with Crippen molar-refractivity contribution in [2.45, 2.75) is 38.9 Å². The number of hydrogen-bond acceptors (Lipinski definition) is 3. The monoisotopic (exact) mass is 344 g/mol. The fourth-order valence-electron chi connectivity index (χ4n) is 2.00. The highest BCUT2D eigenvalue weighted by atomic mass is 35.5. The summed E-state index contributed by atoms with van der Waals surface area (Å²) < 4.78 is 12.1. The maximum absolute atomic E-state index is 6.05. The summed E-state index contributed by atoms with van der Waals surface area (Å²) in [4.78, 5) is 0. The predicted octanol–water partition coefficient (Wildman–Crippen LogP) is 4.94. The molecule has 1 aromatic carbocycles. The van der Waals surface area contributed by atoms with Crippen LogP contribution in [0.15, 0.2) is 23.7 Å². The molecule has 114 valence electrons. The Balaban J connectivity index is 2.28. The van der Waals surface area contributed by atoms with Crippen molar-refractivity contribution in [1.82, 2.24) is 0 Å². The molecule has 0 amide bonds. The first-order chi connectivity index (χ1) is 9.66. The Hall–Kier alpha value is -0.125. The second-order valence-corrected chi connectivity index (χ2v) is 7.27. The van der Waals surface area contributed by atoms with Gasteiger partial charge in [0.05, 0.1) is 21.2 Å². The predicted molar refractivity (Wildman–Crippen MR) is 94.4 cm³/mol. The molecule has 0 N–H and O–H groups in total. The van der Waals surface area contributed by atoms with Crippen LogP contribution in [0.2, 0.25) is 10.0 Å². The van der Waals surface area contributed by atoms with Gasteiger partial charge in [-0.2, -0.15) is 12.6 Å². The number of rotatable bonds is 3. The molecule has 1 aliphatic heterocycles. The van der Waals surface area contributed by atoms with E-state index < -0.39 is 7.12 Å². The van der Waals surface area contributed by atoms with Crippen LogP contribution in [-0.2, 0) is 9.31 Å². The molecule has 1 fully saturated rings. The third kappa shape index (κ3) is 3.62. The fraction of sp³-hybridized carbons (Fsp3) is 0.467. The Morgan fingerprint density at radius 3 is 2.19 bits per heavy atom. The van der Waals surface area contributed by atoms with Crippen LogP contribution in [0.1, 0.15) is 33.3 Å². The lowest BCUT2D eigenvalue weighted by Gasteiger charge is -2.32. The highest BCUT2D eigenvalue weighted by Crippen LogP contribution is 2.39. The van der Waals surface area contributed by atoms with E-state index in [1.165, 1.54) is 0 Å². The van der Waals surface area contributed by atoms with E-state index in [4.69, 9.17) is 32.5 Å². The van der Waals surface area contributed by atoms with E-state index in [0.717, 1.165) is 11.0 Å². The molecule has 1 heterocycles. The van der Waals surface area contributed by atoms with Gasteiger partial charge in [-0.3, -0.25) is 0 Å². The number of thiol groups is 1. The lowest BCUT2D eigenvalue weighted by atomic mass is 9.78. The van der Waals surface area contributed by atoms with Crippen molar-refractivity contribution in [3.63, 3.8) is 0 Å². The van der Waals surface area contributed by atoms with Gasteiger partial charge in [0.15, 0.2) is 0 Å². The molecular weight excluding hydrogens is 326 g/mol. The minimum absolute atomic E-state index is 0.364. The van der Waals surface area contributed by atoms with Crippen LogP contribution >= 0.6 is 35.8 Å². The van der Waals surface area contributed by atoms with Gasteiger partial charge in [0.2, 0.25) is 0 Å². The van der Waals surface area contributed by atoms with E-state index in [0.29, 0.717) is 15.8 Å². The van der Waals surface area contributed by atoms with Crippen LogP contribution in [0.5, 0.6) is 0 Å². The molecule has 0 spiro atoms. The Kier molecular flexibility index (Phi) is 5.06. The largest absolute Gasteiger partial charge is 0.491 e. The lowest BCUT2D eigenvalue weighted by Crippen LogP contribution is -2.41. The molecule has 1 saturated heterocycles. The zero-order valence-corrected chi connectivity index (χ0v) is 15.0. The number of hydrogen-bond donors (Lipinski definition) is 1. The van der Waals surface area contributed by atoms with Gasteiger partial charge in [0.25, 0.3) is 0 Å². The summed E-state index contributed by atoms with van der Waals surface area (Å²) in [5, 5.41) is 1.06. The van der Waals surface area contributed by atoms with Crippen molar-refractivity contribution in [2.75, 3.05) is 5.75 Å². The van der Waals surface area contributed by atoms with Gasteiger partial charge in [0.1, 0.15) is 0 Å². The molecule has 2 nitrogen and oxygen atoms in total. The van der Waals surface area contributed by atoms with Crippen molar-refractivity contribution in [1.29, 1.82) is 0 Å². The van der Waals surface area contributed by atoms with Crippen LogP contribution in [0, 0.1) is 0 Å². The quantitative estimate of drug-likeness (QED) is 0.618. The van der Waals surface area contributed by atoms with Gasteiger partial charge >= 0.3 is 7.12 Å². The van der Waals surface area contributed by atoms with Gasteiger partial charge in [-0.05, 0) is 50.9 Å². The topological polar surface area (TPSA) is 18.5 Å². The molecule has 21 heavy (non-hydrogen) atoms. The molecule has 1 aliphatic rings. The summed E-state index contributed by atoms with van der Waals surface area (Å²) in [6.45, 7) is 8.12. The summed E-state index contributed by atoms with van der Waals surface area (Å²) >= 11 is 16.4. The molecular formula is C15H19BCl2O2S. The number of halogens is 2. The van der Waals surface area contributed by atoms with Crippen LogP contribution in [0.25, 0.3) is 6.08 Å². The average molecular weight is 345 g/mol. The summed E-state index contributed by atoms with van der Waals surface area (Å²) in [5.74, 6) is 0.539. The SMILES string of the molecule is CC1(C)OB(C(=Cc2ccc(Cl)c(Cl)c2)CS)OC1(C)C. The van der Waals surface area contributed by atoms with E-state index >= 15 is 0 Å². The van der Waals surface area contributed by atoms with Gasteiger partial charge in [0, 0.05) is 5.75 Å². The van der Waals surface area contributed by atoms with E-state index in [1.54, 1.807) is 6.07 Å². The van der Waals surface area contributed by atoms with Crippen molar-refractivity contribution in [3.8, 4) is 0 Å². The molecule has 0 aromatic heterocycles. The molecule has 0 radical (unpaired) electrons. The second-order valence-electron chi connectivity index (χ2n) is 6.14. The summed E-state index contributed by atoms with van der Waals surface area (Å²) in [5.41, 5.74) is 1.17. The molecule has 0 atom stereocenters. The van der Waals surface area contributed by atoms with Crippen molar-refractivity contribution < 1.29 is 9.31 Å². The van der Waals surface area contributed by atoms with Crippen molar-refractivity contribution in [2.24, 2.45) is 0 Å². The molecule has 6 heteroatoms. The van der Waals surface area contributed by atoms with Gasteiger partial charge in [-0.1, -0.05) is 35.3 Å². The smallest absolute Gasteiger partial charge is 0.400 e.